The van der Waals surface area contributed by atoms with Crippen molar-refractivity contribution in [2.24, 2.45) is 0 Å². The summed E-state index contributed by atoms with van der Waals surface area (Å²) in [6, 6.07) is 13.2. The maximum atomic E-state index is 12.2. The monoisotopic (exact) mass is 358 g/mol. The van der Waals surface area contributed by atoms with Gasteiger partial charge >= 0.3 is 0 Å². The standard InChI is InChI=1S/C18H19N3O3S/c1-21(11-14-10-16(24-20-14)17-7-4-8-25-17)12-18(22)19-13-5-3-6-15(9-13)23-2/h3-10H,11-12H2,1-2H3,(H,19,22)/p+1. The summed E-state index contributed by atoms with van der Waals surface area (Å²) < 4.78 is 10.5. The third-order valence-electron chi connectivity index (χ3n) is 3.62. The van der Waals surface area contributed by atoms with Gasteiger partial charge in [0.25, 0.3) is 5.91 Å². The molecule has 0 spiro atoms. The number of hydrogen-bond acceptors (Lipinski definition) is 5. The largest absolute Gasteiger partial charge is 0.497 e. The normalized spacial score (nSPS) is 11.9. The molecular weight excluding hydrogens is 338 g/mol. The molecule has 3 rings (SSSR count). The van der Waals surface area contributed by atoms with Crippen molar-refractivity contribution in [1.82, 2.24) is 5.16 Å². The van der Waals surface area contributed by atoms with E-state index in [1.165, 1.54) is 0 Å². The first-order valence-electron chi connectivity index (χ1n) is 7.88. The van der Waals surface area contributed by atoms with Crippen LogP contribution in [-0.2, 0) is 11.3 Å². The van der Waals surface area contributed by atoms with E-state index in [2.05, 4.69) is 10.5 Å². The third-order valence-corrected chi connectivity index (χ3v) is 4.51. The van der Waals surface area contributed by atoms with E-state index in [1.54, 1.807) is 24.5 Å². The van der Waals surface area contributed by atoms with E-state index in [0.717, 1.165) is 26.9 Å². The number of rotatable bonds is 7. The number of nitrogens with zero attached hydrogens (tertiary/aromatic N) is 1. The second-order valence-electron chi connectivity index (χ2n) is 5.75. The number of methoxy groups -OCH3 is 1. The van der Waals surface area contributed by atoms with Crippen LogP contribution in [0.5, 0.6) is 5.75 Å². The topological polar surface area (TPSA) is 68.8 Å². The molecule has 0 saturated heterocycles. The zero-order valence-electron chi connectivity index (χ0n) is 14.1. The van der Waals surface area contributed by atoms with Crippen molar-refractivity contribution >= 4 is 22.9 Å². The Hall–Kier alpha value is -2.64. The molecule has 1 amide bonds. The van der Waals surface area contributed by atoms with E-state index in [9.17, 15) is 4.79 Å². The van der Waals surface area contributed by atoms with E-state index in [-0.39, 0.29) is 5.91 Å². The summed E-state index contributed by atoms with van der Waals surface area (Å²) in [5.41, 5.74) is 1.55. The Labute approximate surface area is 150 Å². The number of anilines is 1. The molecule has 0 aliphatic heterocycles. The average Bonchev–Trinajstić information content (AvgIpc) is 3.26. The minimum Gasteiger partial charge on any atom is -0.497 e. The molecule has 0 aliphatic rings. The lowest BCUT2D eigenvalue weighted by molar-refractivity contribution is -0.885. The van der Waals surface area contributed by atoms with Gasteiger partial charge in [0.05, 0.1) is 19.0 Å². The summed E-state index contributed by atoms with van der Waals surface area (Å²) >= 11 is 1.61. The Morgan fingerprint density at radius 2 is 2.20 bits per heavy atom. The van der Waals surface area contributed by atoms with Crippen LogP contribution < -0.4 is 15.0 Å². The Morgan fingerprint density at radius 3 is 2.96 bits per heavy atom. The third kappa shape index (κ3) is 4.68. The number of quaternary nitrogens is 1. The molecule has 0 bridgehead atoms. The molecule has 6 nitrogen and oxygen atoms in total. The first-order valence-corrected chi connectivity index (χ1v) is 8.76. The predicted octanol–water partition coefficient (Wildman–Crippen LogP) is 2.07. The minimum absolute atomic E-state index is 0.0623. The quantitative estimate of drug-likeness (QED) is 0.678. The maximum Gasteiger partial charge on any atom is 0.279 e. The Bertz CT molecular complexity index is 830. The fourth-order valence-electron chi connectivity index (χ4n) is 2.48. The SMILES string of the molecule is COc1cccc(NC(=O)C[NH+](C)Cc2cc(-c3cccs3)on2)c1. The average molecular weight is 358 g/mol. The van der Waals surface area contributed by atoms with E-state index in [1.807, 2.05) is 48.8 Å². The number of nitrogens with one attached hydrogen (secondary N) is 2. The van der Waals surface area contributed by atoms with Crippen molar-refractivity contribution in [2.75, 3.05) is 26.0 Å². The fraction of sp³-hybridized carbons (Fsp3) is 0.222. The van der Waals surface area contributed by atoms with Crippen molar-refractivity contribution < 1.29 is 19.0 Å². The highest BCUT2D eigenvalue weighted by atomic mass is 32.1. The lowest BCUT2D eigenvalue weighted by Crippen LogP contribution is -3.08. The molecular formula is C18H20N3O3S+. The van der Waals surface area contributed by atoms with Crippen LogP contribution in [0.4, 0.5) is 5.69 Å². The van der Waals surface area contributed by atoms with Crippen LogP contribution in [0.1, 0.15) is 5.69 Å². The second kappa shape index (κ2) is 7.96. The van der Waals surface area contributed by atoms with Crippen LogP contribution in [0, 0.1) is 0 Å². The smallest absolute Gasteiger partial charge is 0.279 e. The van der Waals surface area contributed by atoms with Gasteiger partial charge in [0.15, 0.2) is 12.3 Å². The zero-order valence-corrected chi connectivity index (χ0v) is 14.9. The lowest BCUT2D eigenvalue weighted by atomic mass is 10.3. The van der Waals surface area contributed by atoms with Crippen LogP contribution in [0.2, 0.25) is 0 Å². The number of thiophene rings is 1. The number of amides is 1. The van der Waals surface area contributed by atoms with E-state index in [0.29, 0.717) is 18.8 Å². The molecule has 3 aromatic rings. The Kier molecular flexibility index (Phi) is 5.47. The number of hydrogen-bond donors (Lipinski definition) is 2. The number of likely N-dealkylation sites (N-methyl/N-ethyl adjacent to an activating group) is 1. The Balaban J connectivity index is 1.53. The summed E-state index contributed by atoms with van der Waals surface area (Å²) in [4.78, 5) is 14.3. The number of carbonyl (C=O) groups excluding carboxylic acids is 1. The maximum absolute atomic E-state index is 12.2. The van der Waals surface area contributed by atoms with Gasteiger partial charge in [-0.15, -0.1) is 11.3 Å². The molecule has 1 aromatic carbocycles. The molecule has 0 aliphatic carbocycles. The number of aromatic nitrogens is 1. The molecule has 130 valence electrons. The van der Waals surface area contributed by atoms with E-state index in [4.69, 9.17) is 9.26 Å². The van der Waals surface area contributed by atoms with Gasteiger partial charge in [0.1, 0.15) is 18.0 Å². The van der Waals surface area contributed by atoms with Crippen LogP contribution in [0.25, 0.3) is 10.6 Å². The van der Waals surface area contributed by atoms with Gasteiger partial charge in [-0.2, -0.15) is 0 Å². The number of benzene rings is 1. The lowest BCUT2D eigenvalue weighted by Gasteiger charge is -2.12. The minimum atomic E-state index is -0.0623. The highest BCUT2D eigenvalue weighted by Crippen LogP contribution is 2.24. The van der Waals surface area contributed by atoms with Gasteiger partial charge in [-0.25, -0.2) is 0 Å². The van der Waals surface area contributed by atoms with Crippen LogP contribution in [0.15, 0.2) is 52.4 Å². The van der Waals surface area contributed by atoms with Gasteiger partial charge in [-0.3, -0.25) is 4.79 Å². The molecule has 25 heavy (non-hydrogen) atoms. The van der Waals surface area contributed by atoms with Crippen LogP contribution >= 0.6 is 11.3 Å². The number of carbonyl (C=O) groups is 1. The molecule has 2 aromatic heterocycles. The van der Waals surface area contributed by atoms with E-state index < -0.39 is 0 Å². The van der Waals surface area contributed by atoms with Gasteiger partial charge in [0.2, 0.25) is 0 Å². The Morgan fingerprint density at radius 1 is 1.32 bits per heavy atom. The van der Waals surface area contributed by atoms with Crippen molar-refractivity contribution in [2.45, 2.75) is 6.54 Å². The molecule has 1 atom stereocenters. The fourth-order valence-corrected chi connectivity index (χ4v) is 3.16. The molecule has 0 fully saturated rings. The van der Waals surface area contributed by atoms with Gasteiger partial charge in [-0.1, -0.05) is 17.3 Å². The van der Waals surface area contributed by atoms with Crippen LogP contribution in [-0.4, -0.2) is 31.8 Å². The zero-order chi connectivity index (χ0) is 17.6. The van der Waals surface area contributed by atoms with E-state index >= 15 is 0 Å². The second-order valence-corrected chi connectivity index (χ2v) is 6.70. The van der Waals surface area contributed by atoms with Crippen molar-refractivity contribution in [3.8, 4) is 16.4 Å². The molecule has 7 heteroatoms. The highest BCUT2D eigenvalue weighted by molar-refractivity contribution is 7.13. The van der Waals surface area contributed by atoms with Crippen LogP contribution in [0.3, 0.4) is 0 Å². The summed E-state index contributed by atoms with van der Waals surface area (Å²) in [7, 11) is 3.55. The summed E-state index contributed by atoms with van der Waals surface area (Å²) in [6.45, 7) is 0.943. The first kappa shape index (κ1) is 17.2. The predicted molar refractivity (Wildman–Crippen MR) is 96.9 cm³/mol. The summed E-state index contributed by atoms with van der Waals surface area (Å²) in [6.07, 6.45) is 0. The van der Waals surface area contributed by atoms with Crippen molar-refractivity contribution in [3.05, 3.63) is 53.5 Å². The van der Waals surface area contributed by atoms with Gasteiger partial charge < -0.3 is 19.5 Å². The molecule has 1 unspecified atom stereocenters. The summed E-state index contributed by atoms with van der Waals surface area (Å²) in [5.74, 6) is 1.41. The molecule has 2 N–H and O–H groups in total. The van der Waals surface area contributed by atoms with Crippen molar-refractivity contribution in [1.29, 1.82) is 0 Å². The molecule has 0 saturated carbocycles. The molecule has 2 heterocycles. The number of ether oxygens (including phenoxy) is 1. The van der Waals surface area contributed by atoms with Crippen molar-refractivity contribution in [3.63, 3.8) is 0 Å². The summed E-state index contributed by atoms with van der Waals surface area (Å²) in [5, 5.41) is 8.97. The van der Waals surface area contributed by atoms with Gasteiger partial charge in [-0.05, 0) is 23.6 Å². The highest BCUT2D eigenvalue weighted by Gasteiger charge is 2.15. The first-order chi connectivity index (χ1) is 12.1. The molecule has 0 radical (unpaired) electrons. The van der Waals surface area contributed by atoms with Gasteiger partial charge in [0, 0.05) is 17.8 Å².